The molecule has 2 amide bonds. The van der Waals surface area contributed by atoms with Crippen LogP contribution < -0.4 is 10.6 Å². The van der Waals surface area contributed by atoms with Crippen LogP contribution in [0, 0.1) is 0 Å². The maximum absolute atomic E-state index is 12.9. The number of amides is 2. The molecule has 10 heteroatoms. The smallest absolute Gasteiger partial charge is 0.351 e. The van der Waals surface area contributed by atoms with E-state index in [0.29, 0.717) is 12.1 Å². The van der Waals surface area contributed by atoms with Crippen LogP contribution in [0.1, 0.15) is 72.6 Å². The van der Waals surface area contributed by atoms with E-state index < -0.39 is 17.6 Å². The summed E-state index contributed by atoms with van der Waals surface area (Å²) in [5, 5.41) is 8.53. The molecule has 3 atom stereocenters. The fraction of sp³-hybridized carbons (Fsp3) is 0.560. The van der Waals surface area contributed by atoms with E-state index in [1.807, 2.05) is 0 Å². The monoisotopic (exact) mass is 510 g/mol. The van der Waals surface area contributed by atoms with Crippen molar-refractivity contribution < 1.29 is 22.8 Å². The van der Waals surface area contributed by atoms with Gasteiger partial charge >= 0.3 is 6.18 Å². The summed E-state index contributed by atoms with van der Waals surface area (Å²) in [4.78, 5) is 32.2. The summed E-state index contributed by atoms with van der Waals surface area (Å²) in [6, 6.07) is 4.80. The van der Waals surface area contributed by atoms with E-state index in [4.69, 9.17) is 4.98 Å². The van der Waals surface area contributed by atoms with Crippen LogP contribution in [0.3, 0.4) is 0 Å². The lowest BCUT2D eigenvalue weighted by Gasteiger charge is -2.41. The number of nitrogens with one attached hydrogen (secondary N) is 2. The summed E-state index contributed by atoms with van der Waals surface area (Å²) in [6.45, 7) is 6.07. The van der Waals surface area contributed by atoms with Crippen LogP contribution in [0.5, 0.6) is 0 Å². The zero-order valence-corrected chi connectivity index (χ0v) is 21.3. The van der Waals surface area contributed by atoms with Crippen molar-refractivity contribution in [3.05, 3.63) is 51.5 Å². The maximum Gasteiger partial charge on any atom is 0.416 e. The average molecular weight is 511 g/mol. The molecular weight excluding hydrogens is 477 g/mol. The molecule has 6 nitrogen and oxygen atoms in total. The van der Waals surface area contributed by atoms with E-state index in [9.17, 15) is 22.8 Å². The summed E-state index contributed by atoms with van der Waals surface area (Å²) < 4.78 is 38.8. The normalized spacial score (nSPS) is 20.8. The number of thiazole rings is 1. The third-order valence-corrected chi connectivity index (χ3v) is 7.70. The van der Waals surface area contributed by atoms with Crippen molar-refractivity contribution >= 4 is 23.2 Å². The van der Waals surface area contributed by atoms with Gasteiger partial charge in [0.1, 0.15) is 0 Å². The Labute approximate surface area is 208 Å². The van der Waals surface area contributed by atoms with Crippen molar-refractivity contribution in [1.29, 1.82) is 0 Å². The van der Waals surface area contributed by atoms with E-state index >= 15 is 0 Å². The third kappa shape index (κ3) is 7.04. The van der Waals surface area contributed by atoms with Crippen molar-refractivity contribution in [2.75, 3.05) is 13.6 Å². The number of hydrogen-bond donors (Lipinski definition) is 2. The summed E-state index contributed by atoms with van der Waals surface area (Å²) in [5.74, 6) is -1.04. The number of alkyl halides is 3. The van der Waals surface area contributed by atoms with E-state index in [1.165, 1.54) is 12.1 Å². The quantitative estimate of drug-likeness (QED) is 0.544. The van der Waals surface area contributed by atoms with Crippen molar-refractivity contribution in [3.8, 4) is 0 Å². The molecule has 0 saturated heterocycles. The van der Waals surface area contributed by atoms with Gasteiger partial charge in [-0.25, -0.2) is 4.98 Å². The fourth-order valence-corrected chi connectivity index (χ4v) is 5.48. The Hall–Kier alpha value is -2.46. The van der Waals surface area contributed by atoms with Gasteiger partial charge in [0.2, 0.25) is 5.91 Å². The predicted octanol–water partition coefficient (Wildman–Crippen LogP) is 4.62. The van der Waals surface area contributed by atoms with Crippen LogP contribution >= 0.6 is 11.3 Å². The molecular formula is C25H33F3N4O2S. The first kappa shape index (κ1) is 27.1. The lowest BCUT2D eigenvalue weighted by atomic mass is 9.81. The lowest BCUT2D eigenvalue weighted by molar-refractivity contribution is -0.137. The van der Waals surface area contributed by atoms with Gasteiger partial charge in [-0.1, -0.05) is 13.0 Å². The van der Waals surface area contributed by atoms with Crippen LogP contribution in [0.15, 0.2) is 29.6 Å². The first-order chi connectivity index (χ1) is 16.5. The summed E-state index contributed by atoms with van der Waals surface area (Å²) >= 11 is 1.61. The minimum Gasteiger partial charge on any atom is -0.351 e. The Morgan fingerprint density at radius 3 is 2.63 bits per heavy atom. The number of aryl methyl sites for hydroxylation is 1. The zero-order valence-electron chi connectivity index (χ0n) is 20.5. The third-order valence-electron chi connectivity index (χ3n) is 6.67. The van der Waals surface area contributed by atoms with Gasteiger partial charge in [0.05, 0.1) is 22.8 Å². The molecule has 1 aliphatic carbocycles. The molecule has 0 bridgehead atoms. The van der Waals surface area contributed by atoms with Gasteiger partial charge in [-0.2, -0.15) is 13.2 Å². The second kappa shape index (κ2) is 11.5. The highest BCUT2D eigenvalue weighted by molar-refractivity contribution is 7.09. The molecule has 1 heterocycles. The van der Waals surface area contributed by atoms with Crippen molar-refractivity contribution in [1.82, 2.24) is 20.5 Å². The second-order valence-corrected chi connectivity index (χ2v) is 10.2. The first-order valence-corrected chi connectivity index (χ1v) is 12.8. The number of carbonyl (C=O) groups excluding carboxylic acids is 2. The van der Waals surface area contributed by atoms with Gasteiger partial charge in [-0.3, -0.25) is 9.59 Å². The zero-order chi connectivity index (χ0) is 25.8. The van der Waals surface area contributed by atoms with Gasteiger partial charge < -0.3 is 15.5 Å². The molecule has 1 fully saturated rings. The SMILES string of the molecule is CCc1csc([C@@H]2C[C@H](N(C)C(C)C)CC[C@@H]2NC(=O)CNC(=O)c2cccc(C(F)(F)F)c2)n1. The largest absolute Gasteiger partial charge is 0.416 e. The number of rotatable bonds is 8. The topological polar surface area (TPSA) is 74.3 Å². The molecule has 1 aliphatic rings. The van der Waals surface area contributed by atoms with E-state index in [0.717, 1.165) is 48.5 Å². The number of hydrogen-bond acceptors (Lipinski definition) is 5. The number of nitrogens with zero attached hydrogens (tertiary/aromatic N) is 2. The first-order valence-electron chi connectivity index (χ1n) is 11.9. The van der Waals surface area contributed by atoms with E-state index in [-0.39, 0.29) is 30.0 Å². The molecule has 0 aliphatic heterocycles. The Kier molecular flexibility index (Phi) is 8.93. The van der Waals surface area contributed by atoms with Crippen LogP contribution in [-0.4, -0.2) is 53.4 Å². The Bertz CT molecular complexity index is 1020. The average Bonchev–Trinajstić information content (AvgIpc) is 3.31. The summed E-state index contributed by atoms with van der Waals surface area (Å²) in [7, 11) is 2.12. The second-order valence-electron chi connectivity index (χ2n) is 9.30. The molecule has 2 N–H and O–H groups in total. The van der Waals surface area contributed by atoms with E-state index in [2.05, 4.69) is 48.7 Å². The molecule has 192 valence electrons. The van der Waals surface area contributed by atoms with Crippen molar-refractivity contribution in [2.24, 2.45) is 0 Å². The minimum atomic E-state index is -4.54. The predicted molar refractivity (Wildman–Crippen MR) is 130 cm³/mol. The summed E-state index contributed by atoms with van der Waals surface area (Å²) in [5.41, 5.74) is -0.0177. The Balaban J connectivity index is 1.64. The maximum atomic E-state index is 12.9. The van der Waals surface area contributed by atoms with E-state index in [1.54, 1.807) is 11.3 Å². The Morgan fingerprint density at radius 2 is 2.00 bits per heavy atom. The van der Waals surface area contributed by atoms with Crippen LogP contribution in [0.2, 0.25) is 0 Å². The minimum absolute atomic E-state index is 0.0587. The summed E-state index contributed by atoms with van der Waals surface area (Å²) in [6.07, 6.45) is -1.12. The number of aromatic nitrogens is 1. The molecule has 0 radical (unpaired) electrons. The molecule has 1 aromatic heterocycles. The molecule has 1 saturated carbocycles. The standard InChI is InChI=1S/C25H33F3N4O2S/c1-5-18-14-35-24(30-18)20-12-19(32(4)15(2)3)9-10-21(20)31-22(33)13-29-23(34)16-7-6-8-17(11-16)25(26,27)28/h6-8,11,14-15,19-21H,5,9-10,12-13H2,1-4H3,(H,29,34)(H,31,33)/t19-,20-,21+/m1/s1. The van der Waals surface area contributed by atoms with Gasteiger partial charge in [-0.05, 0) is 64.8 Å². The van der Waals surface area contributed by atoms with Gasteiger partial charge in [0, 0.05) is 35.0 Å². The molecule has 0 unspecified atom stereocenters. The van der Waals surface area contributed by atoms with Gasteiger partial charge in [0.15, 0.2) is 0 Å². The number of halogens is 3. The van der Waals surface area contributed by atoms with Crippen molar-refractivity contribution in [2.45, 2.75) is 76.7 Å². The van der Waals surface area contributed by atoms with Crippen LogP contribution in [0.4, 0.5) is 13.2 Å². The van der Waals surface area contributed by atoms with Gasteiger partial charge in [-0.15, -0.1) is 11.3 Å². The molecule has 35 heavy (non-hydrogen) atoms. The highest BCUT2D eigenvalue weighted by atomic mass is 32.1. The molecule has 1 aromatic carbocycles. The highest BCUT2D eigenvalue weighted by Crippen LogP contribution is 2.37. The van der Waals surface area contributed by atoms with Crippen molar-refractivity contribution in [3.63, 3.8) is 0 Å². The van der Waals surface area contributed by atoms with Gasteiger partial charge in [0.25, 0.3) is 5.91 Å². The highest BCUT2D eigenvalue weighted by Gasteiger charge is 2.36. The molecule has 3 rings (SSSR count). The molecule has 0 spiro atoms. The Morgan fingerprint density at radius 1 is 1.26 bits per heavy atom. The fourth-order valence-electron chi connectivity index (χ4n) is 4.40. The lowest BCUT2D eigenvalue weighted by Crippen LogP contribution is -2.50. The van der Waals surface area contributed by atoms with Crippen LogP contribution in [-0.2, 0) is 17.4 Å². The molecule has 2 aromatic rings. The van der Waals surface area contributed by atoms with Crippen LogP contribution in [0.25, 0.3) is 0 Å². The number of carbonyl (C=O) groups is 2. The number of benzene rings is 1.